The number of hydrogen-bond donors (Lipinski definition) is 0. The van der Waals surface area contributed by atoms with Crippen molar-refractivity contribution >= 4 is 11.9 Å². The topological polar surface area (TPSA) is 45.7 Å². The molecule has 0 radical (unpaired) electrons. The van der Waals surface area contributed by atoms with Gasteiger partial charge in [-0.2, -0.15) is 13.2 Å². The molecule has 2 aliphatic heterocycles. The van der Waals surface area contributed by atoms with Gasteiger partial charge in [0.1, 0.15) is 11.4 Å². The number of rotatable bonds is 1. The van der Waals surface area contributed by atoms with Gasteiger partial charge in [-0.15, -0.1) is 0 Å². The molecular formula is C16H20F3N3O2. The number of pyridine rings is 1. The fraction of sp³-hybridized carbons (Fsp3) is 0.625. The number of ether oxygens (including phenoxy) is 1. The second-order valence-electron chi connectivity index (χ2n) is 7.59. The summed E-state index contributed by atoms with van der Waals surface area (Å²) in [4.78, 5) is 19.4. The molecule has 0 saturated carbocycles. The van der Waals surface area contributed by atoms with Gasteiger partial charge in [0.05, 0.1) is 5.56 Å². The summed E-state index contributed by atoms with van der Waals surface area (Å²) < 4.78 is 43.6. The third-order valence-electron chi connectivity index (χ3n) is 4.15. The van der Waals surface area contributed by atoms with E-state index in [1.165, 1.54) is 6.20 Å². The van der Waals surface area contributed by atoms with Gasteiger partial charge < -0.3 is 14.5 Å². The summed E-state index contributed by atoms with van der Waals surface area (Å²) in [7, 11) is 0. The zero-order chi connectivity index (χ0) is 17.8. The van der Waals surface area contributed by atoms with Crippen molar-refractivity contribution in [3.63, 3.8) is 0 Å². The van der Waals surface area contributed by atoms with Gasteiger partial charge in [-0.1, -0.05) is 0 Å². The minimum atomic E-state index is -4.37. The molecule has 2 aliphatic rings. The van der Waals surface area contributed by atoms with Gasteiger partial charge in [0.15, 0.2) is 0 Å². The van der Waals surface area contributed by atoms with Gasteiger partial charge in [0.2, 0.25) is 0 Å². The maximum Gasteiger partial charge on any atom is 0.416 e. The lowest BCUT2D eigenvalue weighted by Crippen LogP contribution is -2.73. The molecule has 1 aromatic rings. The van der Waals surface area contributed by atoms with Crippen LogP contribution >= 0.6 is 0 Å². The Labute approximate surface area is 138 Å². The monoisotopic (exact) mass is 343 g/mol. The standard InChI is InChI=1S/C16H20F3N3O2/c1-14(2,3)24-13(23)22-9-15(10-22)7-21(8-15)12-6-11(4-5-20-12)16(17,18)19/h4-6H,7-10H2,1-3H3. The lowest BCUT2D eigenvalue weighted by molar-refractivity contribution is -0.137. The number of likely N-dealkylation sites (tertiary alicyclic amines) is 1. The lowest BCUT2D eigenvalue weighted by Gasteiger charge is -2.60. The summed E-state index contributed by atoms with van der Waals surface area (Å²) in [5.41, 5.74) is -1.28. The lowest BCUT2D eigenvalue weighted by atomic mass is 9.73. The summed E-state index contributed by atoms with van der Waals surface area (Å²) in [5, 5.41) is 0. The van der Waals surface area contributed by atoms with E-state index in [1.807, 2.05) is 25.7 Å². The molecule has 3 rings (SSSR count). The third kappa shape index (κ3) is 3.27. The molecule has 0 bridgehead atoms. The van der Waals surface area contributed by atoms with Crippen molar-refractivity contribution in [1.29, 1.82) is 0 Å². The average Bonchev–Trinajstić information content (AvgIpc) is 2.32. The molecule has 1 spiro atoms. The molecule has 1 amide bonds. The smallest absolute Gasteiger partial charge is 0.416 e. The van der Waals surface area contributed by atoms with E-state index in [0.717, 1.165) is 12.1 Å². The molecule has 0 aromatic carbocycles. The summed E-state index contributed by atoms with van der Waals surface area (Å²) in [5.74, 6) is 0.325. The predicted octanol–water partition coefficient (Wildman–Crippen LogP) is 3.16. The number of anilines is 1. The van der Waals surface area contributed by atoms with Crippen molar-refractivity contribution in [2.75, 3.05) is 31.1 Å². The van der Waals surface area contributed by atoms with Gasteiger partial charge in [0.25, 0.3) is 0 Å². The number of alkyl halides is 3. The zero-order valence-electron chi connectivity index (χ0n) is 13.9. The molecule has 1 aromatic heterocycles. The number of nitrogens with zero attached hydrogens (tertiary/aromatic N) is 3. The van der Waals surface area contributed by atoms with Crippen molar-refractivity contribution < 1.29 is 22.7 Å². The molecule has 5 nitrogen and oxygen atoms in total. The number of halogens is 3. The molecule has 0 aliphatic carbocycles. The second-order valence-corrected chi connectivity index (χ2v) is 7.59. The Bertz CT molecular complexity index is 641. The highest BCUT2D eigenvalue weighted by molar-refractivity contribution is 5.70. The Morgan fingerprint density at radius 2 is 1.83 bits per heavy atom. The van der Waals surface area contributed by atoms with Gasteiger partial charge in [-0.05, 0) is 32.9 Å². The average molecular weight is 343 g/mol. The summed E-state index contributed by atoms with van der Waals surface area (Å²) in [6.45, 7) is 7.76. The van der Waals surface area contributed by atoms with Crippen LogP contribution in [0.3, 0.4) is 0 Å². The molecule has 0 unspecified atom stereocenters. The van der Waals surface area contributed by atoms with Crippen LogP contribution in [0.1, 0.15) is 26.3 Å². The number of aromatic nitrogens is 1. The van der Waals surface area contributed by atoms with Crippen molar-refractivity contribution in [1.82, 2.24) is 9.88 Å². The molecule has 132 valence electrons. The van der Waals surface area contributed by atoms with Gasteiger partial charge in [0, 0.05) is 37.8 Å². The van der Waals surface area contributed by atoms with Crippen LogP contribution < -0.4 is 4.90 Å². The number of carbonyl (C=O) groups excluding carboxylic acids is 1. The van der Waals surface area contributed by atoms with E-state index in [2.05, 4.69) is 4.98 Å². The predicted molar refractivity (Wildman–Crippen MR) is 81.7 cm³/mol. The first-order valence-corrected chi connectivity index (χ1v) is 7.74. The van der Waals surface area contributed by atoms with E-state index in [1.54, 1.807) is 4.90 Å². The Morgan fingerprint density at radius 3 is 2.38 bits per heavy atom. The highest BCUT2D eigenvalue weighted by Gasteiger charge is 2.54. The fourth-order valence-electron chi connectivity index (χ4n) is 3.11. The summed E-state index contributed by atoms with van der Waals surface area (Å²) in [6, 6.07) is 2.03. The molecule has 2 fully saturated rings. The van der Waals surface area contributed by atoms with E-state index < -0.39 is 17.3 Å². The SMILES string of the molecule is CC(C)(C)OC(=O)N1CC2(C1)CN(c1cc(C(F)(F)F)ccn1)C2. The Kier molecular flexibility index (Phi) is 3.69. The Balaban J connectivity index is 1.55. The Morgan fingerprint density at radius 1 is 1.21 bits per heavy atom. The second kappa shape index (κ2) is 5.26. The molecular weight excluding hydrogens is 323 g/mol. The molecule has 0 N–H and O–H groups in total. The molecule has 24 heavy (non-hydrogen) atoms. The largest absolute Gasteiger partial charge is 0.444 e. The van der Waals surface area contributed by atoms with Crippen LogP contribution in [0.25, 0.3) is 0 Å². The molecule has 3 heterocycles. The normalized spacial score (nSPS) is 19.8. The van der Waals surface area contributed by atoms with Crippen LogP contribution in [-0.2, 0) is 10.9 Å². The van der Waals surface area contributed by atoms with Crippen molar-refractivity contribution in [2.45, 2.75) is 32.5 Å². The van der Waals surface area contributed by atoms with E-state index >= 15 is 0 Å². The first kappa shape index (κ1) is 16.9. The van der Waals surface area contributed by atoms with Crippen LogP contribution in [0.2, 0.25) is 0 Å². The zero-order valence-corrected chi connectivity index (χ0v) is 13.9. The maximum atomic E-state index is 12.8. The van der Waals surface area contributed by atoms with Crippen molar-refractivity contribution in [3.8, 4) is 0 Å². The first-order valence-electron chi connectivity index (χ1n) is 7.74. The quantitative estimate of drug-likeness (QED) is 0.786. The molecule has 2 saturated heterocycles. The van der Waals surface area contributed by atoms with E-state index in [9.17, 15) is 18.0 Å². The van der Waals surface area contributed by atoms with Crippen molar-refractivity contribution in [3.05, 3.63) is 23.9 Å². The van der Waals surface area contributed by atoms with Crippen LogP contribution in [0, 0.1) is 5.41 Å². The highest BCUT2D eigenvalue weighted by Crippen LogP contribution is 2.42. The summed E-state index contributed by atoms with van der Waals surface area (Å²) >= 11 is 0. The van der Waals surface area contributed by atoms with Gasteiger partial charge >= 0.3 is 12.3 Å². The Hall–Kier alpha value is -1.99. The van der Waals surface area contributed by atoms with Gasteiger partial charge in [-0.25, -0.2) is 9.78 Å². The number of hydrogen-bond acceptors (Lipinski definition) is 4. The van der Waals surface area contributed by atoms with E-state index in [-0.39, 0.29) is 11.5 Å². The minimum Gasteiger partial charge on any atom is -0.444 e. The van der Waals surface area contributed by atoms with Gasteiger partial charge in [-0.3, -0.25) is 0 Å². The molecule has 0 atom stereocenters. The number of amides is 1. The first-order chi connectivity index (χ1) is 11.0. The maximum absolute atomic E-state index is 12.8. The third-order valence-corrected chi connectivity index (χ3v) is 4.15. The van der Waals surface area contributed by atoms with Crippen molar-refractivity contribution in [2.24, 2.45) is 5.41 Å². The minimum absolute atomic E-state index is 0.0488. The van der Waals surface area contributed by atoms with Crippen LogP contribution in [0.4, 0.5) is 23.8 Å². The van der Waals surface area contributed by atoms with E-state index in [4.69, 9.17) is 4.74 Å². The van der Waals surface area contributed by atoms with Crippen LogP contribution in [0.15, 0.2) is 18.3 Å². The number of carbonyl (C=O) groups is 1. The van der Waals surface area contributed by atoms with E-state index in [0.29, 0.717) is 32.0 Å². The van der Waals surface area contributed by atoms with Crippen LogP contribution in [-0.4, -0.2) is 47.8 Å². The molecule has 8 heteroatoms. The summed E-state index contributed by atoms with van der Waals surface area (Å²) in [6.07, 6.45) is -3.54. The highest BCUT2D eigenvalue weighted by atomic mass is 19.4. The van der Waals surface area contributed by atoms with Crippen LogP contribution in [0.5, 0.6) is 0 Å². The fourth-order valence-corrected chi connectivity index (χ4v) is 3.11.